The first-order valence-corrected chi connectivity index (χ1v) is 6.73. The molecule has 0 spiro atoms. The highest BCUT2D eigenvalue weighted by Crippen LogP contribution is 1.96. The zero-order valence-electron chi connectivity index (χ0n) is 10.5. The molecule has 0 aromatic carbocycles. The molecule has 3 heteroatoms. The maximum absolute atomic E-state index is 8.91. The number of allylic oxidation sites excluding steroid dienone is 1. The second-order valence-electron chi connectivity index (χ2n) is 3.34. The molecule has 0 saturated carbocycles. The van der Waals surface area contributed by atoms with E-state index in [0.29, 0.717) is 0 Å². The van der Waals surface area contributed by atoms with Crippen molar-refractivity contribution in [3.8, 4) is 47.4 Å². The average Bonchev–Trinajstić information content (AvgIpc) is 2.43. The molecular formula is C16H15BrO2. The van der Waals surface area contributed by atoms with E-state index in [-0.39, 0.29) is 6.61 Å². The number of unbranched alkanes of at least 4 members (excludes halogenated alkanes) is 3. The summed E-state index contributed by atoms with van der Waals surface area (Å²) in [6.45, 7) is -0.359. The van der Waals surface area contributed by atoms with Crippen LogP contribution >= 0.6 is 15.9 Å². The fourth-order valence-corrected chi connectivity index (χ4v) is 1.05. The fourth-order valence-electron chi connectivity index (χ4n) is 0.914. The highest BCUT2D eigenvalue weighted by molar-refractivity contribution is 9.11. The lowest BCUT2D eigenvalue weighted by Crippen LogP contribution is -2.07. The van der Waals surface area contributed by atoms with Crippen LogP contribution in [0, 0.1) is 47.4 Å². The van der Waals surface area contributed by atoms with E-state index in [9.17, 15) is 0 Å². The molecule has 2 nitrogen and oxygen atoms in total. The average molecular weight is 319 g/mol. The van der Waals surface area contributed by atoms with Gasteiger partial charge in [-0.15, -0.1) is 0 Å². The smallest absolute Gasteiger partial charge is 0.138 e. The molecule has 0 saturated heterocycles. The van der Waals surface area contributed by atoms with E-state index in [0.717, 1.165) is 25.7 Å². The summed E-state index contributed by atoms with van der Waals surface area (Å²) in [5, 5.41) is 17.4. The van der Waals surface area contributed by atoms with Gasteiger partial charge in [0.2, 0.25) is 0 Å². The topological polar surface area (TPSA) is 40.5 Å². The van der Waals surface area contributed by atoms with Crippen molar-refractivity contribution < 1.29 is 10.2 Å². The van der Waals surface area contributed by atoms with Gasteiger partial charge in [0.05, 0.1) is 6.61 Å². The number of aliphatic hydroxyl groups is 2. The van der Waals surface area contributed by atoms with Gasteiger partial charge in [-0.3, -0.25) is 0 Å². The van der Waals surface area contributed by atoms with Crippen LogP contribution in [-0.4, -0.2) is 22.9 Å². The van der Waals surface area contributed by atoms with Crippen molar-refractivity contribution in [2.45, 2.75) is 31.8 Å². The summed E-state index contributed by atoms with van der Waals surface area (Å²) in [4.78, 5) is 1.68. The Kier molecular flexibility index (Phi) is 13.2. The summed E-state index contributed by atoms with van der Waals surface area (Å²) < 4.78 is 0. The first-order valence-electron chi connectivity index (χ1n) is 5.82. The number of halogens is 1. The minimum Gasteiger partial charge on any atom is -0.393 e. The summed E-state index contributed by atoms with van der Waals surface area (Å²) in [6.07, 6.45) is 4.18. The largest absolute Gasteiger partial charge is 0.393 e. The molecule has 0 amide bonds. The third-order valence-corrected chi connectivity index (χ3v) is 2.05. The third kappa shape index (κ3) is 14.3. The van der Waals surface area contributed by atoms with Gasteiger partial charge in [0, 0.05) is 12.8 Å². The molecule has 0 radical (unpaired) electrons. The van der Waals surface area contributed by atoms with Crippen LogP contribution in [0.1, 0.15) is 25.7 Å². The molecule has 0 aliphatic heterocycles. The number of hydrogen-bond donors (Lipinski definition) is 2. The maximum atomic E-state index is 8.91. The number of rotatable bonds is 4. The molecular weight excluding hydrogens is 304 g/mol. The molecule has 0 rings (SSSR count). The Morgan fingerprint density at radius 2 is 1.63 bits per heavy atom. The monoisotopic (exact) mass is 318 g/mol. The van der Waals surface area contributed by atoms with Crippen LogP contribution in [0.15, 0.2) is 11.1 Å². The lowest BCUT2D eigenvalue weighted by atomic mass is 10.2. The predicted octanol–water partition coefficient (Wildman–Crippen LogP) is 1.82. The van der Waals surface area contributed by atoms with Crippen molar-refractivity contribution in [3.63, 3.8) is 0 Å². The summed E-state index contributed by atoms with van der Waals surface area (Å²) in [7, 11) is 0. The Morgan fingerprint density at radius 3 is 2.21 bits per heavy atom. The molecule has 0 heterocycles. The van der Waals surface area contributed by atoms with Gasteiger partial charge in [-0.2, -0.15) is 0 Å². The van der Waals surface area contributed by atoms with Gasteiger partial charge in [0.1, 0.15) is 6.10 Å². The standard InChI is InChI=1S/C16H15BrO2/c17-14-12-10-8-6-4-2-1-3-5-7-9-11-13-16(19)15-18/h12,14,16,18-19H,1-3,5,15H2/t16-/m0/s1. The molecule has 98 valence electrons. The van der Waals surface area contributed by atoms with Crippen molar-refractivity contribution in [1.82, 2.24) is 0 Å². The maximum Gasteiger partial charge on any atom is 0.138 e. The summed E-state index contributed by atoms with van der Waals surface area (Å²) in [5.74, 6) is 21.6. The van der Waals surface area contributed by atoms with Crippen molar-refractivity contribution in [3.05, 3.63) is 11.1 Å². The molecule has 0 bridgehead atoms. The highest BCUT2D eigenvalue weighted by atomic mass is 79.9. The first-order chi connectivity index (χ1) is 9.31. The van der Waals surface area contributed by atoms with Crippen LogP contribution < -0.4 is 0 Å². The summed E-state index contributed by atoms with van der Waals surface area (Å²) in [6, 6.07) is 0. The molecule has 0 fully saturated rings. The van der Waals surface area contributed by atoms with Gasteiger partial charge < -0.3 is 10.2 Å². The summed E-state index contributed by atoms with van der Waals surface area (Å²) >= 11 is 3.11. The fraction of sp³-hybridized carbons (Fsp3) is 0.375. The van der Waals surface area contributed by atoms with E-state index < -0.39 is 6.10 Å². The van der Waals surface area contributed by atoms with Gasteiger partial charge in [-0.25, -0.2) is 0 Å². The Hall–Kier alpha value is -1.62. The Bertz CT molecular complexity index is 504. The Labute approximate surface area is 123 Å². The van der Waals surface area contributed by atoms with E-state index >= 15 is 0 Å². The van der Waals surface area contributed by atoms with E-state index in [1.165, 1.54) is 0 Å². The van der Waals surface area contributed by atoms with E-state index in [1.807, 2.05) is 0 Å². The van der Waals surface area contributed by atoms with Crippen LogP contribution in [0.2, 0.25) is 0 Å². The van der Waals surface area contributed by atoms with Crippen molar-refractivity contribution >= 4 is 15.9 Å². The molecule has 19 heavy (non-hydrogen) atoms. The minimum atomic E-state index is -0.995. The molecule has 0 aromatic heterocycles. The lowest BCUT2D eigenvalue weighted by molar-refractivity contribution is 0.138. The quantitative estimate of drug-likeness (QED) is 0.613. The Morgan fingerprint density at radius 1 is 1.00 bits per heavy atom. The van der Waals surface area contributed by atoms with Crippen LogP contribution in [0.5, 0.6) is 0 Å². The molecule has 2 N–H and O–H groups in total. The highest BCUT2D eigenvalue weighted by Gasteiger charge is 1.90. The zero-order chi connectivity index (χ0) is 14.2. The molecule has 1 atom stereocenters. The SMILES string of the molecule is OC[C@@H](O)C#CC#CCCCCC#CC#CC=CBr. The van der Waals surface area contributed by atoms with Gasteiger partial charge in [-0.05, 0) is 47.6 Å². The zero-order valence-corrected chi connectivity index (χ0v) is 12.1. The van der Waals surface area contributed by atoms with Gasteiger partial charge in [-0.1, -0.05) is 39.6 Å². The van der Waals surface area contributed by atoms with Gasteiger partial charge >= 0.3 is 0 Å². The molecule has 0 aliphatic carbocycles. The lowest BCUT2D eigenvalue weighted by Gasteiger charge is -1.91. The van der Waals surface area contributed by atoms with Crippen LogP contribution in [0.25, 0.3) is 0 Å². The van der Waals surface area contributed by atoms with Crippen LogP contribution in [0.3, 0.4) is 0 Å². The summed E-state index contributed by atoms with van der Waals surface area (Å²) in [5.41, 5.74) is 0. The van der Waals surface area contributed by atoms with Crippen molar-refractivity contribution in [2.75, 3.05) is 6.61 Å². The third-order valence-electron chi connectivity index (χ3n) is 1.79. The van der Waals surface area contributed by atoms with E-state index in [1.54, 1.807) is 11.1 Å². The van der Waals surface area contributed by atoms with Gasteiger partial charge in [0.25, 0.3) is 0 Å². The van der Waals surface area contributed by atoms with E-state index in [4.69, 9.17) is 10.2 Å². The molecule has 0 unspecified atom stereocenters. The van der Waals surface area contributed by atoms with Crippen LogP contribution in [-0.2, 0) is 0 Å². The minimum absolute atomic E-state index is 0.359. The second kappa shape index (κ2) is 14.4. The number of hydrogen-bond acceptors (Lipinski definition) is 2. The second-order valence-corrected chi connectivity index (χ2v) is 3.87. The van der Waals surface area contributed by atoms with Crippen molar-refractivity contribution in [1.29, 1.82) is 0 Å². The molecule has 0 aliphatic rings. The normalized spacial score (nSPS) is 9.84. The molecule has 0 aromatic rings. The number of aliphatic hydroxyl groups excluding tert-OH is 2. The van der Waals surface area contributed by atoms with Crippen LogP contribution in [0.4, 0.5) is 0 Å². The Balaban J connectivity index is 3.64. The van der Waals surface area contributed by atoms with E-state index in [2.05, 4.69) is 63.3 Å². The van der Waals surface area contributed by atoms with Gasteiger partial charge in [0.15, 0.2) is 0 Å². The predicted molar refractivity (Wildman–Crippen MR) is 80.7 cm³/mol. The first kappa shape index (κ1) is 17.4. The van der Waals surface area contributed by atoms with Crippen molar-refractivity contribution in [2.24, 2.45) is 0 Å².